The van der Waals surface area contributed by atoms with Crippen molar-refractivity contribution < 1.29 is 4.52 Å². The number of hydrogen-bond donors (Lipinski definition) is 2. The summed E-state index contributed by atoms with van der Waals surface area (Å²) in [5.41, 5.74) is 1.96. The minimum absolute atomic E-state index is 0.464. The summed E-state index contributed by atoms with van der Waals surface area (Å²) in [6, 6.07) is 1.89. The molecule has 2 aromatic heterocycles. The zero-order valence-corrected chi connectivity index (χ0v) is 13.7. The molecular weight excluding hydrogens is 286 g/mol. The molecule has 0 amide bonds. The minimum atomic E-state index is 0.464. The molecule has 0 unspecified atom stereocenters. The lowest BCUT2D eigenvalue weighted by Gasteiger charge is -2.09. The van der Waals surface area contributed by atoms with Crippen molar-refractivity contribution in [2.75, 3.05) is 6.54 Å². The second-order valence-electron chi connectivity index (χ2n) is 4.73. The van der Waals surface area contributed by atoms with Crippen molar-refractivity contribution in [2.24, 2.45) is 4.99 Å². The zero-order valence-electron chi connectivity index (χ0n) is 12.9. The predicted molar refractivity (Wildman–Crippen MR) is 84.5 cm³/mol. The van der Waals surface area contributed by atoms with Gasteiger partial charge in [0.25, 0.3) is 0 Å². The maximum absolute atomic E-state index is 5.15. The van der Waals surface area contributed by atoms with E-state index in [9.17, 15) is 0 Å². The molecular formula is C14H21N5OS. The molecule has 114 valence electrons. The number of guanidine groups is 1. The molecule has 2 N–H and O–H groups in total. The highest BCUT2D eigenvalue weighted by Crippen LogP contribution is 2.15. The van der Waals surface area contributed by atoms with Crippen LogP contribution < -0.4 is 10.6 Å². The highest BCUT2D eigenvalue weighted by atomic mass is 32.1. The molecule has 0 aromatic carbocycles. The molecule has 2 rings (SSSR count). The van der Waals surface area contributed by atoms with Gasteiger partial charge in [-0.15, -0.1) is 11.3 Å². The molecule has 2 aromatic rings. The number of thiazole rings is 1. The summed E-state index contributed by atoms with van der Waals surface area (Å²) in [6.07, 6.45) is 0. The highest BCUT2D eigenvalue weighted by Gasteiger charge is 2.05. The van der Waals surface area contributed by atoms with Crippen molar-refractivity contribution in [1.29, 1.82) is 0 Å². The Bertz CT molecular complexity index is 597. The van der Waals surface area contributed by atoms with E-state index in [-0.39, 0.29) is 0 Å². The van der Waals surface area contributed by atoms with E-state index in [1.165, 1.54) is 4.88 Å². The highest BCUT2D eigenvalue weighted by molar-refractivity contribution is 7.11. The van der Waals surface area contributed by atoms with E-state index in [1.807, 2.05) is 26.8 Å². The summed E-state index contributed by atoms with van der Waals surface area (Å²) >= 11 is 1.71. The van der Waals surface area contributed by atoms with Crippen LogP contribution in [0.3, 0.4) is 0 Å². The zero-order chi connectivity index (χ0) is 15.2. The SMILES string of the molecule is CCNC(=NCc1cc(C)no1)NCc1nc(C)c(C)s1. The van der Waals surface area contributed by atoms with Crippen molar-refractivity contribution in [1.82, 2.24) is 20.8 Å². The van der Waals surface area contributed by atoms with Crippen LogP contribution in [0.25, 0.3) is 0 Å². The Hall–Kier alpha value is -1.89. The molecule has 0 atom stereocenters. The van der Waals surface area contributed by atoms with Crippen LogP contribution >= 0.6 is 11.3 Å². The summed E-state index contributed by atoms with van der Waals surface area (Å²) in [5.74, 6) is 1.50. The van der Waals surface area contributed by atoms with Gasteiger partial charge >= 0.3 is 0 Å². The summed E-state index contributed by atoms with van der Waals surface area (Å²) in [5, 5.41) is 11.4. The van der Waals surface area contributed by atoms with Crippen LogP contribution in [-0.2, 0) is 13.1 Å². The van der Waals surface area contributed by atoms with Crippen LogP contribution in [-0.4, -0.2) is 22.6 Å². The quantitative estimate of drug-likeness (QED) is 0.655. The Morgan fingerprint density at radius 1 is 1.33 bits per heavy atom. The lowest BCUT2D eigenvalue weighted by Crippen LogP contribution is -2.36. The van der Waals surface area contributed by atoms with Gasteiger partial charge in [-0.3, -0.25) is 0 Å². The first-order valence-electron chi connectivity index (χ1n) is 6.95. The number of nitrogens with one attached hydrogen (secondary N) is 2. The maximum Gasteiger partial charge on any atom is 0.192 e. The number of aliphatic imine (C=N–C) groups is 1. The van der Waals surface area contributed by atoms with Gasteiger partial charge < -0.3 is 15.2 Å². The number of hydrogen-bond acceptors (Lipinski definition) is 5. The third-order valence-corrected chi connectivity index (χ3v) is 3.97. The maximum atomic E-state index is 5.15. The molecule has 0 saturated carbocycles. The van der Waals surface area contributed by atoms with Gasteiger partial charge in [-0.25, -0.2) is 9.98 Å². The monoisotopic (exact) mass is 307 g/mol. The Balaban J connectivity index is 1.94. The van der Waals surface area contributed by atoms with E-state index < -0.39 is 0 Å². The molecule has 21 heavy (non-hydrogen) atoms. The first-order valence-corrected chi connectivity index (χ1v) is 7.77. The Morgan fingerprint density at radius 3 is 2.71 bits per heavy atom. The van der Waals surface area contributed by atoms with Gasteiger partial charge in [0.1, 0.15) is 11.6 Å². The van der Waals surface area contributed by atoms with Gasteiger partial charge in [0, 0.05) is 17.5 Å². The van der Waals surface area contributed by atoms with E-state index in [1.54, 1.807) is 11.3 Å². The van der Waals surface area contributed by atoms with Crippen molar-refractivity contribution in [3.8, 4) is 0 Å². The van der Waals surface area contributed by atoms with Gasteiger partial charge in [-0.2, -0.15) is 0 Å². The van der Waals surface area contributed by atoms with E-state index in [2.05, 4.69) is 32.7 Å². The summed E-state index contributed by atoms with van der Waals surface area (Å²) < 4.78 is 5.15. The molecule has 0 fully saturated rings. The molecule has 2 heterocycles. The summed E-state index contributed by atoms with van der Waals surface area (Å²) in [7, 11) is 0. The third kappa shape index (κ3) is 4.56. The van der Waals surface area contributed by atoms with Gasteiger partial charge in [-0.1, -0.05) is 5.16 Å². The van der Waals surface area contributed by atoms with Crippen molar-refractivity contribution >= 4 is 17.3 Å². The molecule has 0 radical (unpaired) electrons. The van der Waals surface area contributed by atoms with Crippen LogP contribution in [0.5, 0.6) is 0 Å². The normalized spacial score (nSPS) is 11.7. The van der Waals surface area contributed by atoms with Crippen LogP contribution in [0.4, 0.5) is 0 Å². The smallest absolute Gasteiger partial charge is 0.192 e. The van der Waals surface area contributed by atoms with Gasteiger partial charge in [0.2, 0.25) is 0 Å². The Morgan fingerprint density at radius 2 is 2.14 bits per heavy atom. The third-order valence-electron chi connectivity index (χ3n) is 2.89. The van der Waals surface area contributed by atoms with Crippen LogP contribution in [0.1, 0.15) is 34.0 Å². The Labute approximate surface area is 128 Å². The predicted octanol–water partition coefficient (Wildman–Crippen LogP) is 2.31. The van der Waals surface area contributed by atoms with Crippen molar-refractivity contribution in [3.63, 3.8) is 0 Å². The standard InChI is InChI=1S/C14H21N5OS/c1-5-15-14(16-7-12-6-9(2)19-20-12)17-8-13-18-10(3)11(4)21-13/h6H,5,7-8H2,1-4H3,(H2,15,16,17). The van der Waals surface area contributed by atoms with E-state index >= 15 is 0 Å². The molecule has 6 nitrogen and oxygen atoms in total. The van der Waals surface area contributed by atoms with E-state index in [0.29, 0.717) is 13.1 Å². The molecule has 0 aliphatic carbocycles. The fourth-order valence-corrected chi connectivity index (χ4v) is 2.64. The summed E-state index contributed by atoms with van der Waals surface area (Å²) in [4.78, 5) is 10.2. The van der Waals surface area contributed by atoms with Gasteiger partial charge in [0.15, 0.2) is 11.7 Å². The topological polar surface area (TPSA) is 75.3 Å². The number of nitrogens with zero attached hydrogens (tertiary/aromatic N) is 3. The Kier molecular flexibility index (Phi) is 5.32. The molecule has 0 aliphatic heterocycles. The van der Waals surface area contributed by atoms with Crippen molar-refractivity contribution in [2.45, 2.75) is 40.8 Å². The average Bonchev–Trinajstić information content (AvgIpc) is 3.00. The first-order chi connectivity index (χ1) is 10.1. The average molecular weight is 307 g/mol. The van der Waals surface area contributed by atoms with E-state index in [4.69, 9.17) is 4.52 Å². The number of aromatic nitrogens is 2. The fraction of sp³-hybridized carbons (Fsp3) is 0.500. The lowest BCUT2D eigenvalue weighted by atomic mass is 10.4. The minimum Gasteiger partial charge on any atom is -0.359 e. The molecule has 0 bridgehead atoms. The van der Waals surface area contributed by atoms with Crippen LogP contribution in [0.15, 0.2) is 15.6 Å². The van der Waals surface area contributed by atoms with Crippen molar-refractivity contribution in [3.05, 3.63) is 33.1 Å². The molecule has 0 saturated heterocycles. The first kappa shape index (κ1) is 15.5. The second-order valence-corrected chi connectivity index (χ2v) is 6.02. The fourth-order valence-electron chi connectivity index (χ4n) is 1.76. The van der Waals surface area contributed by atoms with Gasteiger partial charge in [-0.05, 0) is 27.7 Å². The second kappa shape index (κ2) is 7.21. The molecule has 0 aliphatic rings. The van der Waals surface area contributed by atoms with Crippen LogP contribution in [0.2, 0.25) is 0 Å². The van der Waals surface area contributed by atoms with E-state index in [0.717, 1.165) is 34.7 Å². The van der Waals surface area contributed by atoms with Crippen LogP contribution in [0, 0.1) is 20.8 Å². The van der Waals surface area contributed by atoms with Gasteiger partial charge in [0.05, 0.1) is 17.9 Å². The molecule has 0 spiro atoms. The number of aryl methyl sites for hydroxylation is 3. The number of rotatable bonds is 5. The largest absolute Gasteiger partial charge is 0.359 e. The summed E-state index contributed by atoms with van der Waals surface area (Å²) in [6.45, 7) is 9.98. The molecule has 7 heteroatoms. The lowest BCUT2D eigenvalue weighted by molar-refractivity contribution is 0.381.